The molecule has 5 nitrogen and oxygen atoms in total. The molecule has 1 heterocycles. The Hall–Kier alpha value is -2.66. The highest BCUT2D eigenvalue weighted by Gasteiger charge is 2.54. The Morgan fingerprint density at radius 3 is 2.55 bits per heavy atom. The van der Waals surface area contributed by atoms with Gasteiger partial charge >= 0.3 is 0 Å². The molecule has 5 heteroatoms. The molecule has 1 aliphatic heterocycles. The number of amides is 2. The van der Waals surface area contributed by atoms with Crippen LogP contribution in [0.25, 0.3) is 0 Å². The van der Waals surface area contributed by atoms with Gasteiger partial charge in [-0.15, -0.1) is 0 Å². The van der Waals surface area contributed by atoms with Crippen LogP contribution in [0.4, 0.5) is 0 Å². The molecule has 0 bridgehead atoms. The number of aryl methyl sites for hydroxylation is 1. The van der Waals surface area contributed by atoms with Gasteiger partial charge in [0.1, 0.15) is 11.8 Å². The van der Waals surface area contributed by atoms with Gasteiger partial charge in [0.25, 0.3) is 5.91 Å². The van der Waals surface area contributed by atoms with Gasteiger partial charge in [-0.25, -0.2) is 0 Å². The van der Waals surface area contributed by atoms with Gasteiger partial charge in [-0.2, -0.15) is 0 Å². The summed E-state index contributed by atoms with van der Waals surface area (Å²) in [7, 11) is 0. The van der Waals surface area contributed by atoms with Gasteiger partial charge in [0.05, 0.1) is 12.6 Å². The molecule has 0 aromatic heterocycles. The van der Waals surface area contributed by atoms with E-state index >= 15 is 0 Å². The number of hydrogen-bond donors (Lipinski definition) is 1. The molecule has 164 valence electrons. The molecule has 0 radical (unpaired) electrons. The second-order valence-electron chi connectivity index (χ2n) is 9.11. The van der Waals surface area contributed by atoms with Crippen molar-refractivity contribution in [3.63, 3.8) is 0 Å². The van der Waals surface area contributed by atoms with Crippen molar-refractivity contribution in [3.8, 4) is 0 Å². The second kappa shape index (κ2) is 8.83. The highest BCUT2D eigenvalue weighted by atomic mass is 16.5. The molecule has 1 saturated carbocycles. The van der Waals surface area contributed by atoms with E-state index in [1.165, 1.54) is 0 Å². The lowest BCUT2D eigenvalue weighted by molar-refractivity contribution is -0.129. The third-order valence-corrected chi connectivity index (χ3v) is 6.75. The van der Waals surface area contributed by atoms with Crippen LogP contribution in [0.15, 0.2) is 54.6 Å². The fraction of sp³-hybridized carbons (Fsp3) is 0.462. The third kappa shape index (κ3) is 4.24. The first kappa shape index (κ1) is 21.6. The summed E-state index contributed by atoms with van der Waals surface area (Å²) in [6.07, 6.45) is 3.66. The monoisotopic (exact) mass is 420 g/mol. The lowest BCUT2D eigenvalue weighted by Crippen LogP contribution is -2.57. The van der Waals surface area contributed by atoms with Gasteiger partial charge in [-0.3, -0.25) is 14.5 Å². The molecule has 1 N–H and O–H groups in total. The Morgan fingerprint density at radius 1 is 1.13 bits per heavy atom. The molecular weight excluding hydrogens is 388 g/mol. The summed E-state index contributed by atoms with van der Waals surface area (Å²) in [6, 6.07) is 16.7. The minimum Gasteiger partial charge on any atom is -0.353 e. The Bertz CT molecular complexity index is 945. The normalized spacial score (nSPS) is 26.6. The summed E-state index contributed by atoms with van der Waals surface area (Å²) >= 11 is 0. The first-order valence-electron chi connectivity index (χ1n) is 11.3. The molecule has 4 unspecified atom stereocenters. The van der Waals surface area contributed by atoms with E-state index in [0.717, 1.165) is 36.8 Å². The third-order valence-electron chi connectivity index (χ3n) is 6.75. The van der Waals surface area contributed by atoms with E-state index in [1.54, 1.807) is 4.90 Å². The zero-order valence-corrected chi connectivity index (χ0v) is 18.6. The molecule has 2 aliphatic rings. The zero-order chi connectivity index (χ0) is 22.0. The molecule has 2 aromatic carbocycles. The largest absolute Gasteiger partial charge is 0.353 e. The quantitative estimate of drug-likeness (QED) is 0.785. The Morgan fingerprint density at radius 2 is 1.84 bits per heavy atom. The van der Waals surface area contributed by atoms with Gasteiger partial charge < -0.3 is 10.1 Å². The van der Waals surface area contributed by atoms with E-state index in [1.807, 2.05) is 68.4 Å². The van der Waals surface area contributed by atoms with Crippen molar-refractivity contribution in [2.75, 3.05) is 6.61 Å². The van der Waals surface area contributed by atoms with Crippen molar-refractivity contribution < 1.29 is 14.3 Å². The SMILES string of the molecule is Cc1ccccc1C(=O)N1C(C(=O)NC(C)c2ccccc2)COC12CCCC(C)C2. The summed E-state index contributed by atoms with van der Waals surface area (Å²) in [4.78, 5) is 28.9. The summed E-state index contributed by atoms with van der Waals surface area (Å²) in [6.45, 7) is 6.34. The van der Waals surface area contributed by atoms with E-state index in [9.17, 15) is 9.59 Å². The summed E-state index contributed by atoms with van der Waals surface area (Å²) in [5.74, 6) is 0.177. The average molecular weight is 421 g/mol. The van der Waals surface area contributed by atoms with Crippen LogP contribution < -0.4 is 5.32 Å². The number of carbonyl (C=O) groups excluding carboxylic acids is 2. The van der Waals surface area contributed by atoms with E-state index < -0.39 is 11.8 Å². The van der Waals surface area contributed by atoms with Crippen LogP contribution in [0.1, 0.15) is 67.1 Å². The van der Waals surface area contributed by atoms with E-state index in [-0.39, 0.29) is 24.5 Å². The van der Waals surface area contributed by atoms with Crippen LogP contribution in [-0.2, 0) is 9.53 Å². The number of rotatable bonds is 4. The second-order valence-corrected chi connectivity index (χ2v) is 9.11. The Labute approximate surface area is 184 Å². The van der Waals surface area contributed by atoms with E-state index in [4.69, 9.17) is 4.74 Å². The smallest absolute Gasteiger partial charge is 0.257 e. The lowest BCUT2D eigenvalue weighted by atomic mass is 9.82. The van der Waals surface area contributed by atoms with Crippen molar-refractivity contribution in [2.45, 2.75) is 64.3 Å². The molecule has 2 aromatic rings. The van der Waals surface area contributed by atoms with Gasteiger partial charge in [-0.1, -0.05) is 61.9 Å². The number of carbonyl (C=O) groups is 2. The predicted octanol–water partition coefficient (Wildman–Crippen LogP) is 4.62. The van der Waals surface area contributed by atoms with Crippen LogP contribution >= 0.6 is 0 Å². The van der Waals surface area contributed by atoms with E-state index in [2.05, 4.69) is 12.2 Å². The zero-order valence-electron chi connectivity index (χ0n) is 18.6. The highest BCUT2D eigenvalue weighted by molar-refractivity contribution is 5.99. The minimum atomic E-state index is -0.699. The first-order chi connectivity index (χ1) is 14.9. The van der Waals surface area contributed by atoms with Crippen LogP contribution in [-0.4, -0.2) is 35.1 Å². The fourth-order valence-corrected chi connectivity index (χ4v) is 5.08. The van der Waals surface area contributed by atoms with Crippen molar-refractivity contribution in [1.82, 2.24) is 10.2 Å². The van der Waals surface area contributed by atoms with Gasteiger partial charge in [0, 0.05) is 5.56 Å². The van der Waals surface area contributed by atoms with Crippen molar-refractivity contribution in [2.24, 2.45) is 5.92 Å². The maximum absolute atomic E-state index is 13.8. The standard InChI is InChI=1S/C26H32N2O3/c1-18-10-9-15-26(16-18)28(25(30)22-14-8-7-11-19(22)2)23(17-31-26)24(29)27-20(3)21-12-5-4-6-13-21/h4-8,11-14,18,20,23H,9-10,15-17H2,1-3H3,(H,27,29). The predicted molar refractivity (Wildman–Crippen MR) is 120 cm³/mol. The lowest BCUT2D eigenvalue weighted by Gasteiger charge is -2.43. The van der Waals surface area contributed by atoms with E-state index in [0.29, 0.717) is 11.5 Å². The van der Waals surface area contributed by atoms with Crippen molar-refractivity contribution in [1.29, 1.82) is 0 Å². The number of hydrogen-bond acceptors (Lipinski definition) is 3. The van der Waals surface area contributed by atoms with Crippen LogP contribution in [0.5, 0.6) is 0 Å². The summed E-state index contributed by atoms with van der Waals surface area (Å²) in [5.41, 5.74) is 1.89. The van der Waals surface area contributed by atoms with Gasteiger partial charge in [0.2, 0.25) is 5.91 Å². The molecule has 31 heavy (non-hydrogen) atoms. The molecule has 4 rings (SSSR count). The van der Waals surface area contributed by atoms with Gasteiger partial charge in [-0.05, 0) is 56.2 Å². The molecule has 1 saturated heterocycles. The minimum absolute atomic E-state index is 0.114. The fourth-order valence-electron chi connectivity index (χ4n) is 5.08. The number of ether oxygens (including phenoxy) is 1. The molecule has 1 spiro atoms. The molecule has 2 amide bonds. The topological polar surface area (TPSA) is 58.6 Å². The number of nitrogens with one attached hydrogen (secondary N) is 1. The van der Waals surface area contributed by atoms with Gasteiger partial charge in [0.15, 0.2) is 0 Å². The average Bonchev–Trinajstić information content (AvgIpc) is 3.12. The van der Waals surface area contributed by atoms with Crippen molar-refractivity contribution >= 4 is 11.8 Å². The molecule has 4 atom stereocenters. The highest BCUT2D eigenvalue weighted by Crippen LogP contribution is 2.43. The summed E-state index contributed by atoms with van der Waals surface area (Å²) < 4.78 is 6.31. The Kier molecular flexibility index (Phi) is 6.15. The van der Waals surface area contributed by atoms with Crippen LogP contribution in [0, 0.1) is 12.8 Å². The number of nitrogens with zero attached hydrogens (tertiary/aromatic N) is 1. The molecule has 2 fully saturated rings. The first-order valence-corrected chi connectivity index (χ1v) is 11.3. The van der Waals surface area contributed by atoms with Crippen molar-refractivity contribution in [3.05, 3.63) is 71.3 Å². The maximum Gasteiger partial charge on any atom is 0.257 e. The van der Waals surface area contributed by atoms with Crippen LogP contribution in [0.3, 0.4) is 0 Å². The summed E-state index contributed by atoms with van der Waals surface area (Å²) in [5, 5.41) is 3.11. The number of benzene rings is 2. The Balaban J connectivity index is 1.63. The molecular formula is C26H32N2O3. The van der Waals surface area contributed by atoms with Crippen LogP contribution in [0.2, 0.25) is 0 Å². The maximum atomic E-state index is 13.8. The molecule has 1 aliphatic carbocycles.